The van der Waals surface area contributed by atoms with E-state index in [0.717, 1.165) is 6.42 Å². The molecular formula is C10H17NO. The van der Waals surface area contributed by atoms with Crippen molar-refractivity contribution in [3.8, 4) is 0 Å². The lowest BCUT2D eigenvalue weighted by Crippen LogP contribution is -1.69. The molecule has 0 spiro atoms. The van der Waals surface area contributed by atoms with Crippen molar-refractivity contribution in [3.05, 3.63) is 23.9 Å². The molecule has 2 nitrogen and oxygen atoms in total. The summed E-state index contributed by atoms with van der Waals surface area (Å²) in [5.74, 6) is 0. The van der Waals surface area contributed by atoms with Crippen LogP contribution >= 0.6 is 0 Å². The number of hydrogen-bond donors (Lipinski definition) is 0. The highest BCUT2D eigenvalue weighted by molar-refractivity contribution is 5.39. The van der Waals surface area contributed by atoms with Gasteiger partial charge < -0.3 is 0 Å². The van der Waals surface area contributed by atoms with Crippen molar-refractivity contribution in [2.45, 2.75) is 34.1 Å². The summed E-state index contributed by atoms with van der Waals surface area (Å²) in [5.41, 5.74) is 0.681. The summed E-state index contributed by atoms with van der Waals surface area (Å²) < 4.78 is 0. The van der Waals surface area contributed by atoms with Gasteiger partial charge in [-0.2, -0.15) is 4.99 Å². The fourth-order valence-corrected chi connectivity index (χ4v) is 0.584. The largest absolute Gasteiger partial charge is 0.240 e. The number of isocyanates is 1. The Bertz CT molecular complexity index is 186. The molecule has 0 saturated carbocycles. The Morgan fingerprint density at radius 2 is 2.08 bits per heavy atom. The van der Waals surface area contributed by atoms with E-state index in [0.29, 0.717) is 5.70 Å². The number of rotatable bonds is 3. The standard InChI is InChI=1S/C8H11NO.C2H6/c1-3-5-8(6-4-2)9-7-10;1-2/h3,5-6H,4H2,1-2H3;1-2H3/b5-3-,8-6+;. The Hall–Kier alpha value is -1.14. The topological polar surface area (TPSA) is 29.4 Å². The first kappa shape index (κ1) is 13.4. The van der Waals surface area contributed by atoms with E-state index in [9.17, 15) is 4.79 Å². The summed E-state index contributed by atoms with van der Waals surface area (Å²) in [6.45, 7) is 7.87. The van der Waals surface area contributed by atoms with Crippen molar-refractivity contribution in [2.24, 2.45) is 4.99 Å². The van der Waals surface area contributed by atoms with Gasteiger partial charge in [-0.05, 0) is 19.4 Å². The summed E-state index contributed by atoms with van der Waals surface area (Å²) in [6, 6.07) is 0. The molecule has 0 aromatic heterocycles. The molecule has 0 aliphatic rings. The average molecular weight is 167 g/mol. The molecule has 12 heavy (non-hydrogen) atoms. The Balaban J connectivity index is 0. The fourth-order valence-electron chi connectivity index (χ4n) is 0.584. The van der Waals surface area contributed by atoms with Gasteiger partial charge in [0, 0.05) is 0 Å². The number of allylic oxidation sites excluding steroid dienone is 3. The predicted molar refractivity (Wildman–Crippen MR) is 52.7 cm³/mol. The minimum absolute atomic E-state index is 0.681. The van der Waals surface area contributed by atoms with E-state index in [2.05, 4.69) is 4.99 Å². The molecule has 0 N–H and O–H groups in total. The molecule has 0 heterocycles. The van der Waals surface area contributed by atoms with Crippen LogP contribution in [0, 0.1) is 0 Å². The molecule has 0 aromatic rings. The number of hydrogen-bond acceptors (Lipinski definition) is 2. The smallest absolute Gasteiger partial charge is 0.211 e. The van der Waals surface area contributed by atoms with E-state index in [1.807, 2.05) is 39.8 Å². The lowest BCUT2D eigenvalue weighted by atomic mass is 10.3. The predicted octanol–water partition coefficient (Wildman–Crippen LogP) is 3.22. The molecule has 0 fully saturated rings. The summed E-state index contributed by atoms with van der Waals surface area (Å²) in [5, 5.41) is 0. The van der Waals surface area contributed by atoms with Gasteiger partial charge in [-0.25, -0.2) is 4.79 Å². The second-order valence-electron chi connectivity index (χ2n) is 1.74. The molecule has 0 atom stereocenters. The first-order chi connectivity index (χ1) is 5.85. The molecule has 0 aromatic carbocycles. The van der Waals surface area contributed by atoms with Crippen LogP contribution in [0.2, 0.25) is 0 Å². The zero-order chi connectivity index (χ0) is 9.82. The molecular weight excluding hydrogens is 150 g/mol. The van der Waals surface area contributed by atoms with Gasteiger partial charge in [-0.15, -0.1) is 0 Å². The van der Waals surface area contributed by atoms with E-state index >= 15 is 0 Å². The van der Waals surface area contributed by atoms with Crippen LogP contribution in [-0.4, -0.2) is 6.08 Å². The van der Waals surface area contributed by atoms with E-state index in [1.54, 1.807) is 6.08 Å². The highest BCUT2D eigenvalue weighted by Gasteiger charge is 1.82. The van der Waals surface area contributed by atoms with Gasteiger partial charge in [0.1, 0.15) is 0 Å². The van der Waals surface area contributed by atoms with E-state index < -0.39 is 0 Å². The molecule has 0 aliphatic heterocycles. The maximum atomic E-state index is 9.80. The van der Waals surface area contributed by atoms with Gasteiger partial charge in [0.25, 0.3) is 0 Å². The number of aliphatic imine (C=N–C) groups is 1. The van der Waals surface area contributed by atoms with Crippen LogP contribution < -0.4 is 0 Å². The first-order valence-corrected chi connectivity index (χ1v) is 4.25. The summed E-state index contributed by atoms with van der Waals surface area (Å²) in [6.07, 6.45) is 7.85. The van der Waals surface area contributed by atoms with Gasteiger partial charge in [-0.1, -0.05) is 32.9 Å². The third-order valence-electron chi connectivity index (χ3n) is 0.925. The van der Waals surface area contributed by atoms with Crippen molar-refractivity contribution < 1.29 is 4.79 Å². The molecule has 68 valence electrons. The summed E-state index contributed by atoms with van der Waals surface area (Å²) in [7, 11) is 0. The molecule has 2 heteroatoms. The zero-order valence-electron chi connectivity index (χ0n) is 8.29. The van der Waals surface area contributed by atoms with Crippen molar-refractivity contribution in [3.63, 3.8) is 0 Å². The van der Waals surface area contributed by atoms with Crippen LogP contribution in [-0.2, 0) is 4.79 Å². The van der Waals surface area contributed by atoms with E-state index in [1.165, 1.54) is 6.08 Å². The highest BCUT2D eigenvalue weighted by Crippen LogP contribution is 1.98. The summed E-state index contributed by atoms with van der Waals surface area (Å²) in [4.78, 5) is 13.3. The molecule has 0 saturated heterocycles. The van der Waals surface area contributed by atoms with Gasteiger partial charge in [0.2, 0.25) is 6.08 Å². The quantitative estimate of drug-likeness (QED) is 0.360. The van der Waals surface area contributed by atoms with Crippen molar-refractivity contribution in [1.29, 1.82) is 0 Å². The van der Waals surface area contributed by atoms with Crippen LogP contribution in [0.3, 0.4) is 0 Å². The molecule has 0 radical (unpaired) electrons. The SMILES string of the molecule is C/C=C\C(=C/CC)N=C=O.CC. The number of carbonyl (C=O) groups excluding carboxylic acids is 1. The second kappa shape index (κ2) is 12.5. The minimum atomic E-state index is 0.681. The monoisotopic (exact) mass is 167 g/mol. The van der Waals surface area contributed by atoms with E-state index in [-0.39, 0.29) is 0 Å². The molecule has 0 unspecified atom stereocenters. The highest BCUT2D eigenvalue weighted by atomic mass is 16.1. The lowest BCUT2D eigenvalue weighted by Gasteiger charge is -1.85. The maximum Gasteiger partial charge on any atom is 0.240 e. The molecule has 0 bridgehead atoms. The third-order valence-corrected chi connectivity index (χ3v) is 0.925. The fraction of sp³-hybridized carbons (Fsp3) is 0.500. The van der Waals surface area contributed by atoms with Crippen molar-refractivity contribution >= 4 is 6.08 Å². The molecule has 0 rings (SSSR count). The average Bonchev–Trinajstić information content (AvgIpc) is 2.10. The van der Waals surface area contributed by atoms with Crippen LogP contribution in [0.5, 0.6) is 0 Å². The Morgan fingerprint density at radius 1 is 1.50 bits per heavy atom. The normalized spacial score (nSPS) is 10.2. The Kier molecular flexibility index (Phi) is 14.0. The lowest BCUT2D eigenvalue weighted by molar-refractivity contribution is 0.565. The van der Waals surface area contributed by atoms with Crippen molar-refractivity contribution in [1.82, 2.24) is 0 Å². The minimum Gasteiger partial charge on any atom is -0.211 e. The van der Waals surface area contributed by atoms with Crippen LogP contribution in [0.15, 0.2) is 28.9 Å². The second-order valence-corrected chi connectivity index (χ2v) is 1.74. The van der Waals surface area contributed by atoms with Gasteiger partial charge in [0.15, 0.2) is 0 Å². The van der Waals surface area contributed by atoms with Crippen LogP contribution in [0.25, 0.3) is 0 Å². The Morgan fingerprint density at radius 3 is 2.42 bits per heavy atom. The van der Waals surface area contributed by atoms with Gasteiger partial charge in [-0.3, -0.25) is 0 Å². The summed E-state index contributed by atoms with van der Waals surface area (Å²) >= 11 is 0. The first-order valence-electron chi connectivity index (χ1n) is 4.25. The zero-order valence-corrected chi connectivity index (χ0v) is 8.29. The molecule has 0 aliphatic carbocycles. The van der Waals surface area contributed by atoms with Gasteiger partial charge in [0.05, 0.1) is 5.70 Å². The van der Waals surface area contributed by atoms with Crippen LogP contribution in [0.1, 0.15) is 34.1 Å². The van der Waals surface area contributed by atoms with Crippen molar-refractivity contribution in [2.75, 3.05) is 0 Å². The van der Waals surface area contributed by atoms with E-state index in [4.69, 9.17) is 0 Å². The third kappa shape index (κ3) is 8.86. The number of nitrogens with zero attached hydrogens (tertiary/aromatic N) is 1. The maximum absolute atomic E-state index is 9.80. The van der Waals surface area contributed by atoms with Crippen LogP contribution in [0.4, 0.5) is 0 Å². The molecule has 0 amide bonds. The Labute approximate surface area is 74.7 Å². The van der Waals surface area contributed by atoms with Gasteiger partial charge >= 0.3 is 0 Å².